The smallest absolute Gasteiger partial charge is 0.226 e. The predicted molar refractivity (Wildman–Crippen MR) is 92.4 cm³/mol. The molecule has 1 fully saturated rings. The third kappa shape index (κ3) is 2.68. The van der Waals surface area contributed by atoms with Crippen LogP contribution in [0.4, 0.5) is 5.82 Å². The van der Waals surface area contributed by atoms with Crippen LogP contribution in [0.5, 0.6) is 5.75 Å². The van der Waals surface area contributed by atoms with Crippen LogP contribution in [0.3, 0.4) is 0 Å². The van der Waals surface area contributed by atoms with Gasteiger partial charge in [-0.1, -0.05) is 25.0 Å². The van der Waals surface area contributed by atoms with Gasteiger partial charge >= 0.3 is 0 Å². The topological polar surface area (TPSA) is 56.1 Å². The number of carbonyl (C=O) groups is 1. The number of benzene rings is 1. The monoisotopic (exact) mass is 325 g/mol. The van der Waals surface area contributed by atoms with E-state index in [4.69, 9.17) is 4.74 Å². The minimum atomic E-state index is 0.0691. The maximum atomic E-state index is 12.3. The zero-order chi connectivity index (χ0) is 16.5. The largest absolute Gasteiger partial charge is 0.494 e. The predicted octanol–water partition coefficient (Wildman–Crippen LogP) is 3.87. The molecule has 1 aliphatic carbocycles. The zero-order valence-corrected chi connectivity index (χ0v) is 14.0. The van der Waals surface area contributed by atoms with E-state index in [1.165, 1.54) is 12.8 Å². The summed E-state index contributed by atoms with van der Waals surface area (Å²) in [6, 6.07) is 8.50. The number of fused-ring (bicyclic) bond motifs is 1. The van der Waals surface area contributed by atoms with E-state index in [-0.39, 0.29) is 11.8 Å². The molecule has 126 valence electrons. The van der Waals surface area contributed by atoms with Gasteiger partial charge in [0.05, 0.1) is 18.8 Å². The second-order valence-corrected chi connectivity index (χ2v) is 6.64. The second kappa shape index (κ2) is 6.30. The summed E-state index contributed by atoms with van der Waals surface area (Å²) in [6.45, 7) is 2.63. The van der Waals surface area contributed by atoms with Crippen molar-refractivity contribution in [3.8, 4) is 5.75 Å². The van der Waals surface area contributed by atoms with Crippen molar-refractivity contribution in [2.75, 3.05) is 11.9 Å². The van der Waals surface area contributed by atoms with Crippen molar-refractivity contribution >= 4 is 11.7 Å². The average Bonchev–Trinajstić information content (AvgIpc) is 3.24. The highest BCUT2D eigenvalue weighted by Crippen LogP contribution is 2.40. The molecule has 1 atom stereocenters. The molecule has 0 unspecified atom stereocenters. The van der Waals surface area contributed by atoms with Crippen molar-refractivity contribution in [3.63, 3.8) is 0 Å². The van der Waals surface area contributed by atoms with Crippen LogP contribution in [0.15, 0.2) is 30.5 Å². The molecule has 4 rings (SSSR count). The van der Waals surface area contributed by atoms with Gasteiger partial charge in [-0.05, 0) is 37.5 Å². The fraction of sp³-hybridized carbons (Fsp3) is 0.474. The van der Waals surface area contributed by atoms with E-state index in [0.717, 1.165) is 35.5 Å². The molecule has 2 aromatic rings. The lowest BCUT2D eigenvalue weighted by atomic mass is 9.87. The van der Waals surface area contributed by atoms with E-state index in [2.05, 4.69) is 22.5 Å². The number of rotatable bonds is 4. The third-order valence-electron chi connectivity index (χ3n) is 5.11. The van der Waals surface area contributed by atoms with Crippen molar-refractivity contribution in [1.82, 2.24) is 9.78 Å². The van der Waals surface area contributed by atoms with E-state index >= 15 is 0 Å². The van der Waals surface area contributed by atoms with Gasteiger partial charge in [0.25, 0.3) is 0 Å². The Labute approximate surface area is 142 Å². The summed E-state index contributed by atoms with van der Waals surface area (Å²) < 4.78 is 7.56. The Bertz CT molecular complexity index is 730. The minimum absolute atomic E-state index is 0.0691. The molecule has 0 bridgehead atoms. The molecular formula is C19H23N3O2. The number of nitrogens with zero attached hydrogens (tertiary/aromatic N) is 2. The van der Waals surface area contributed by atoms with Gasteiger partial charge in [-0.15, -0.1) is 0 Å². The van der Waals surface area contributed by atoms with Crippen molar-refractivity contribution in [2.45, 2.75) is 51.0 Å². The number of hydrogen-bond acceptors (Lipinski definition) is 3. The summed E-state index contributed by atoms with van der Waals surface area (Å²) in [4.78, 5) is 12.3. The molecule has 0 radical (unpaired) electrons. The van der Waals surface area contributed by atoms with Crippen LogP contribution >= 0.6 is 0 Å². The van der Waals surface area contributed by atoms with Crippen LogP contribution in [-0.2, 0) is 4.79 Å². The van der Waals surface area contributed by atoms with Gasteiger partial charge in [-0.2, -0.15) is 5.10 Å². The Morgan fingerprint density at radius 1 is 1.25 bits per heavy atom. The Hall–Kier alpha value is -2.30. The van der Waals surface area contributed by atoms with Gasteiger partial charge in [0, 0.05) is 17.9 Å². The highest BCUT2D eigenvalue weighted by molar-refractivity contribution is 5.94. The lowest BCUT2D eigenvalue weighted by molar-refractivity contribution is -0.116. The summed E-state index contributed by atoms with van der Waals surface area (Å²) >= 11 is 0. The molecule has 5 nitrogen and oxygen atoms in total. The van der Waals surface area contributed by atoms with E-state index in [1.807, 2.05) is 29.9 Å². The first-order valence-electron chi connectivity index (χ1n) is 8.86. The van der Waals surface area contributed by atoms with Gasteiger partial charge in [0.1, 0.15) is 11.6 Å². The molecule has 1 N–H and O–H groups in total. The molecule has 1 saturated carbocycles. The maximum Gasteiger partial charge on any atom is 0.226 e. The Kier molecular flexibility index (Phi) is 4.00. The molecule has 0 spiro atoms. The van der Waals surface area contributed by atoms with Crippen LogP contribution in [-0.4, -0.2) is 22.3 Å². The summed E-state index contributed by atoms with van der Waals surface area (Å²) in [6.07, 6.45) is 7.20. The van der Waals surface area contributed by atoms with E-state index in [0.29, 0.717) is 19.1 Å². The number of amides is 1. The van der Waals surface area contributed by atoms with Gasteiger partial charge in [0.15, 0.2) is 0 Å². The first-order chi connectivity index (χ1) is 11.8. The van der Waals surface area contributed by atoms with Gasteiger partial charge < -0.3 is 10.1 Å². The average molecular weight is 325 g/mol. The van der Waals surface area contributed by atoms with Crippen LogP contribution in [0.2, 0.25) is 0 Å². The number of aromatic nitrogens is 2. The number of carbonyl (C=O) groups excluding carboxylic acids is 1. The van der Waals surface area contributed by atoms with Crippen LogP contribution < -0.4 is 10.1 Å². The fourth-order valence-corrected chi connectivity index (χ4v) is 3.92. The summed E-state index contributed by atoms with van der Waals surface area (Å²) in [5.41, 5.74) is 2.27. The molecule has 24 heavy (non-hydrogen) atoms. The standard InChI is InChI=1S/C19H23N3O2/c1-2-24-15-9-7-13(8-10-15)16-11-18(23)21-19-17(16)12-20-22(19)14-5-3-4-6-14/h7-10,12,14,16H,2-6,11H2,1H3,(H,21,23)/t16-/m0/s1. The molecule has 1 amide bonds. The number of ether oxygens (including phenoxy) is 1. The Morgan fingerprint density at radius 2 is 2.00 bits per heavy atom. The Balaban J connectivity index is 1.67. The van der Waals surface area contributed by atoms with E-state index in [9.17, 15) is 4.79 Å². The molecular weight excluding hydrogens is 302 g/mol. The van der Waals surface area contributed by atoms with Crippen molar-refractivity contribution in [2.24, 2.45) is 0 Å². The van der Waals surface area contributed by atoms with E-state index < -0.39 is 0 Å². The van der Waals surface area contributed by atoms with Crippen LogP contribution in [0.25, 0.3) is 0 Å². The lowest BCUT2D eigenvalue weighted by Gasteiger charge is -2.25. The molecule has 1 aliphatic heterocycles. The number of nitrogens with one attached hydrogen (secondary N) is 1. The molecule has 1 aromatic heterocycles. The normalized spacial score (nSPS) is 20.7. The quantitative estimate of drug-likeness (QED) is 0.928. The Morgan fingerprint density at radius 3 is 2.71 bits per heavy atom. The molecule has 0 saturated heterocycles. The van der Waals surface area contributed by atoms with Crippen LogP contribution in [0, 0.1) is 0 Å². The van der Waals surface area contributed by atoms with Gasteiger partial charge in [0.2, 0.25) is 5.91 Å². The minimum Gasteiger partial charge on any atom is -0.494 e. The lowest BCUT2D eigenvalue weighted by Crippen LogP contribution is -2.25. The van der Waals surface area contributed by atoms with Crippen molar-refractivity contribution < 1.29 is 9.53 Å². The van der Waals surface area contributed by atoms with E-state index in [1.54, 1.807) is 0 Å². The molecule has 2 aliphatic rings. The number of anilines is 1. The summed E-state index contributed by atoms with van der Waals surface area (Å²) in [7, 11) is 0. The number of hydrogen-bond donors (Lipinski definition) is 1. The summed E-state index contributed by atoms with van der Waals surface area (Å²) in [5.74, 6) is 1.90. The SMILES string of the molecule is CCOc1ccc([C@@H]2CC(=O)Nc3c2cnn3C2CCCC2)cc1. The molecule has 2 heterocycles. The molecule has 5 heteroatoms. The van der Waals surface area contributed by atoms with Gasteiger partial charge in [-0.25, -0.2) is 4.68 Å². The highest BCUT2D eigenvalue weighted by atomic mass is 16.5. The maximum absolute atomic E-state index is 12.3. The highest BCUT2D eigenvalue weighted by Gasteiger charge is 2.32. The van der Waals surface area contributed by atoms with Crippen molar-refractivity contribution in [3.05, 3.63) is 41.6 Å². The third-order valence-corrected chi connectivity index (χ3v) is 5.11. The summed E-state index contributed by atoms with van der Waals surface area (Å²) in [5, 5.41) is 7.67. The van der Waals surface area contributed by atoms with Gasteiger partial charge in [-0.3, -0.25) is 4.79 Å². The second-order valence-electron chi connectivity index (χ2n) is 6.64. The molecule has 1 aromatic carbocycles. The van der Waals surface area contributed by atoms with Crippen molar-refractivity contribution in [1.29, 1.82) is 0 Å². The fourth-order valence-electron chi connectivity index (χ4n) is 3.92. The zero-order valence-electron chi connectivity index (χ0n) is 14.0. The van der Waals surface area contributed by atoms with Crippen LogP contribution in [0.1, 0.15) is 62.1 Å². The first kappa shape index (κ1) is 15.2. The first-order valence-corrected chi connectivity index (χ1v) is 8.86.